The molecule has 1 aromatic heterocycles. The fourth-order valence-corrected chi connectivity index (χ4v) is 5.63. The van der Waals surface area contributed by atoms with E-state index in [4.69, 9.17) is 0 Å². The summed E-state index contributed by atoms with van der Waals surface area (Å²) in [5, 5.41) is 2.95. The number of carbonyl (C=O) groups excluding carboxylic acids is 2. The molecule has 1 aliphatic heterocycles. The largest absolute Gasteiger partial charge is 0.355 e. The minimum atomic E-state index is -0.279. The molecule has 2 aliphatic rings. The van der Waals surface area contributed by atoms with Crippen molar-refractivity contribution in [2.75, 3.05) is 13.1 Å². The van der Waals surface area contributed by atoms with Gasteiger partial charge in [0.15, 0.2) is 0 Å². The number of fused-ring (bicyclic) bond motifs is 1. The molecule has 1 aromatic carbocycles. The molecule has 2 amide bonds. The van der Waals surface area contributed by atoms with Crippen molar-refractivity contribution in [2.45, 2.75) is 51.5 Å². The average Bonchev–Trinajstić information content (AvgIpc) is 3.36. The lowest BCUT2D eigenvalue weighted by molar-refractivity contribution is -0.133. The molecule has 6 heteroatoms. The molecule has 0 radical (unpaired) electrons. The van der Waals surface area contributed by atoms with Crippen LogP contribution < -0.4 is 5.32 Å². The first-order valence-corrected chi connectivity index (χ1v) is 11.3. The number of nitrogens with one attached hydrogen (secondary N) is 1. The van der Waals surface area contributed by atoms with E-state index in [1.807, 2.05) is 4.90 Å². The maximum absolute atomic E-state index is 13.5. The van der Waals surface area contributed by atoms with Gasteiger partial charge in [0.2, 0.25) is 11.8 Å². The van der Waals surface area contributed by atoms with E-state index >= 15 is 0 Å². The molecular formula is C23H27FN2O2S. The number of aryl methyl sites for hydroxylation is 1. The zero-order valence-electron chi connectivity index (χ0n) is 16.7. The molecule has 1 saturated carbocycles. The highest BCUT2D eigenvalue weighted by Gasteiger charge is 2.33. The monoisotopic (exact) mass is 414 g/mol. The van der Waals surface area contributed by atoms with Crippen LogP contribution in [0.1, 0.15) is 59.0 Å². The van der Waals surface area contributed by atoms with Crippen LogP contribution in [0.15, 0.2) is 30.3 Å². The molecule has 1 N–H and O–H groups in total. The topological polar surface area (TPSA) is 49.4 Å². The summed E-state index contributed by atoms with van der Waals surface area (Å²) >= 11 is 1.77. The Kier molecular flexibility index (Phi) is 5.99. The Morgan fingerprint density at radius 3 is 2.66 bits per heavy atom. The van der Waals surface area contributed by atoms with Crippen molar-refractivity contribution < 1.29 is 14.0 Å². The number of carbonyl (C=O) groups is 2. The second-order valence-electron chi connectivity index (χ2n) is 8.05. The molecule has 1 atom stereocenters. The Hall–Kier alpha value is -2.21. The van der Waals surface area contributed by atoms with Gasteiger partial charge in [0, 0.05) is 35.2 Å². The summed E-state index contributed by atoms with van der Waals surface area (Å²) < 4.78 is 13.5. The van der Waals surface area contributed by atoms with Crippen molar-refractivity contribution in [3.63, 3.8) is 0 Å². The van der Waals surface area contributed by atoms with Gasteiger partial charge in [-0.1, -0.05) is 25.0 Å². The lowest BCUT2D eigenvalue weighted by Crippen LogP contribution is -2.41. The third-order valence-electron chi connectivity index (χ3n) is 6.02. The van der Waals surface area contributed by atoms with E-state index in [0.717, 1.165) is 43.2 Å². The number of amides is 2. The van der Waals surface area contributed by atoms with E-state index in [2.05, 4.69) is 18.3 Å². The fourth-order valence-electron chi connectivity index (χ4n) is 4.57. The molecule has 0 saturated heterocycles. The first-order valence-electron chi connectivity index (χ1n) is 10.4. The minimum Gasteiger partial charge on any atom is -0.355 e. The van der Waals surface area contributed by atoms with Crippen molar-refractivity contribution in [3.8, 4) is 0 Å². The van der Waals surface area contributed by atoms with Crippen LogP contribution in [-0.4, -0.2) is 29.8 Å². The highest BCUT2D eigenvalue weighted by Crippen LogP contribution is 2.39. The van der Waals surface area contributed by atoms with Crippen molar-refractivity contribution in [1.29, 1.82) is 0 Å². The molecule has 1 unspecified atom stereocenters. The van der Waals surface area contributed by atoms with Gasteiger partial charge in [-0.25, -0.2) is 4.39 Å². The van der Waals surface area contributed by atoms with Crippen LogP contribution in [0.3, 0.4) is 0 Å². The van der Waals surface area contributed by atoms with Crippen molar-refractivity contribution in [3.05, 3.63) is 57.0 Å². The lowest BCUT2D eigenvalue weighted by atomic mass is 9.92. The summed E-state index contributed by atoms with van der Waals surface area (Å²) in [6.45, 7) is 3.09. The SMILES string of the molecule is Cc1cc2c(s1)CCN(C(=O)CCNC(=O)C1CCCC1)C2c1ccc(F)cc1. The van der Waals surface area contributed by atoms with E-state index < -0.39 is 0 Å². The number of halogens is 1. The summed E-state index contributed by atoms with van der Waals surface area (Å²) in [7, 11) is 0. The number of benzene rings is 1. The summed E-state index contributed by atoms with van der Waals surface area (Å²) in [6.07, 6.45) is 5.27. The molecule has 4 nitrogen and oxygen atoms in total. The summed E-state index contributed by atoms with van der Waals surface area (Å²) in [5.41, 5.74) is 2.07. The third kappa shape index (κ3) is 4.37. The van der Waals surface area contributed by atoms with Crippen LogP contribution in [0, 0.1) is 18.7 Å². The highest BCUT2D eigenvalue weighted by atomic mass is 32.1. The third-order valence-corrected chi connectivity index (χ3v) is 7.15. The normalized spacial score (nSPS) is 19.2. The molecule has 1 fully saturated rings. The van der Waals surface area contributed by atoms with Gasteiger partial charge >= 0.3 is 0 Å². The van der Waals surface area contributed by atoms with Gasteiger partial charge in [0.05, 0.1) is 6.04 Å². The Morgan fingerprint density at radius 1 is 1.21 bits per heavy atom. The van der Waals surface area contributed by atoms with Crippen LogP contribution in [0.25, 0.3) is 0 Å². The average molecular weight is 415 g/mol. The van der Waals surface area contributed by atoms with E-state index in [9.17, 15) is 14.0 Å². The van der Waals surface area contributed by atoms with Crippen LogP contribution in [0.5, 0.6) is 0 Å². The van der Waals surface area contributed by atoms with Gasteiger partial charge in [-0.15, -0.1) is 11.3 Å². The van der Waals surface area contributed by atoms with E-state index in [0.29, 0.717) is 13.1 Å². The van der Waals surface area contributed by atoms with Crippen LogP contribution in [-0.2, 0) is 16.0 Å². The first kappa shape index (κ1) is 20.1. The van der Waals surface area contributed by atoms with E-state index in [1.165, 1.54) is 21.9 Å². The predicted molar refractivity (Wildman–Crippen MR) is 112 cm³/mol. The lowest BCUT2D eigenvalue weighted by Gasteiger charge is -2.36. The van der Waals surface area contributed by atoms with Crippen LogP contribution >= 0.6 is 11.3 Å². The van der Waals surface area contributed by atoms with Gasteiger partial charge in [-0.2, -0.15) is 0 Å². The number of hydrogen-bond acceptors (Lipinski definition) is 3. The van der Waals surface area contributed by atoms with Crippen molar-refractivity contribution >= 4 is 23.2 Å². The van der Waals surface area contributed by atoms with Crippen molar-refractivity contribution in [1.82, 2.24) is 10.2 Å². The van der Waals surface area contributed by atoms with Gasteiger partial charge < -0.3 is 10.2 Å². The van der Waals surface area contributed by atoms with Crippen LogP contribution in [0.4, 0.5) is 4.39 Å². The molecule has 29 heavy (non-hydrogen) atoms. The van der Waals surface area contributed by atoms with E-state index in [-0.39, 0.29) is 36.0 Å². The van der Waals surface area contributed by atoms with Gasteiger partial charge in [-0.3, -0.25) is 9.59 Å². The van der Waals surface area contributed by atoms with E-state index in [1.54, 1.807) is 23.5 Å². The minimum absolute atomic E-state index is 0.0283. The molecule has 2 heterocycles. The number of nitrogens with zero attached hydrogens (tertiary/aromatic N) is 1. The Balaban J connectivity index is 1.47. The predicted octanol–water partition coefficient (Wildman–Crippen LogP) is 4.37. The second-order valence-corrected chi connectivity index (χ2v) is 9.39. The Morgan fingerprint density at radius 2 is 1.93 bits per heavy atom. The molecule has 0 spiro atoms. The highest BCUT2D eigenvalue weighted by molar-refractivity contribution is 7.12. The first-order chi connectivity index (χ1) is 14.0. The summed E-state index contributed by atoms with van der Waals surface area (Å²) in [5.74, 6) is -0.0532. The molecule has 2 aromatic rings. The zero-order chi connectivity index (χ0) is 20.4. The van der Waals surface area contributed by atoms with Crippen molar-refractivity contribution in [2.24, 2.45) is 5.92 Å². The molecular weight excluding hydrogens is 387 g/mol. The number of thiophene rings is 1. The second kappa shape index (κ2) is 8.66. The fraction of sp³-hybridized carbons (Fsp3) is 0.478. The van der Waals surface area contributed by atoms with Gasteiger partial charge in [0.1, 0.15) is 5.82 Å². The molecule has 4 rings (SSSR count). The molecule has 1 aliphatic carbocycles. The van der Waals surface area contributed by atoms with Gasteiger partial charge in [0.25, 0.3) is 0 Å². The zero-order valence-corrected chi connectivity index (χ0v) is 17.6. The standard InChI is InChI=1S/C23H27FN2O2S/c1-15-14-19-20(29-15)11-13-26(22(19)16-6-8-18(24)9-7-16)21(27)10-12-25-23(28)17-4-2-3-5-17/h6-9,14,17,22H,2-5,10-13H2,1H3,(H,25,28). The summed E-state index contributed by atoms with van der Waals surface area (Å²) in [4.78, 5) is 29.7. The summed E-state index contributed by atoms with van der Waals surface area (Å²) in [6, 6.07) is 8.40. The van der Waals surface area contributed by atoms with Gasteiger partial charge in [-0.05, 0) is 55.5 Å². The Bertz CT molecular complexity index is 887. The Labute approximate surface area is 175 Å². The maximum Gasteiger partial charge on any atom is 0.225 e. The molecule has 0 bridgehead atoms. The molecule has 154 valence electrons. The number of hydrogen-bond donors (Lipinski definition) is 1. The maximum atomic E-state index is 13.5. The quantitative estimate of drug-likeness (QED) is 0.790. The van der Waals surface area contributed by atoms with Crippen LogP contribution in [0.2, 0.25) is 0 Å². The number of rotatable bonds is 5. The smallest absolute Gasteiger partial charge is 0.225 e.